The van der Waals surface area contributed by atoms with Gasteiger partial charge in [-0.25, -0.2) is 4.98 Å². The molecule has 4 heteroatoms. The second-order valence-electron chi connectivity index (χ2n) is 5.71. The third-order valence-corrected chi connectivity index (χ3v) is 5.21. The van der Waals surface area contributed by atoms with Gasteiger partial charge < -0.3 is 10.2 Å². The Morgan fingerprint density at radius 3 is 3.06 bits per heavy atom. The summed E-state index contributed by atoms with van der Waals surface area (Å²) in [5.74, 6) is 0.672. The Balaban J connectivity index is 1.68. The fourth-order valence-electron chi connectivity index (χ4n) is 3.12. The van der Waals surface area contributed by atoms with Gasteiger partial charge in [-0.3, -0.25) is 0 Å². The van der Waals surface area contributed by atoms with Crippen LogP contribution in [0.4, 0.5) is 0 Å². The summed E-state index contributed by atoms with van der Waals surface area (Å²) in [5, 5.41) is 7.24. The van der Waals surface area contributed by atoms with Gasteiger partial charge in [0.05, 0.1) is 16.7 Å². The van der Waals surface area contributed by atoms with E-state index in [1.807, 2.05) is 11.3 Å². The normalized spacial score (nSPS) is 30.5. The van der Waals surface area contributed by atoms with E-state index >= 15 is 0 Å². The number of hydrogen-bond donors (Lipinski definition) is 1. The molecule has 18 heavy (non-hydrogen) atoms. The summed E-state index contributed by atoms with van der Waals surface area (Å²) in [6.45, 7) is 3.59. The van der Waals surface area contributed by atoms with Crippen LogP contribution in [0.2, 0.25) is 0 Å². The maximum atomic E-state index is 4.92. The number of nitrogens with one attached hydrogen (secondary N) is 1. The van der Waals surface area contributed by atoms with Gasteiger partial charge in [-0.05, 0) is 45.8 Å². The van der Waals surface area contributed by atoms with Gasteiger partial charge in [-0.1, -0.05) is 6.42 Å². The highest BCUT2D eigenvalue weighted by atomic mass is 32.1. The average Bonchev–Trinajstić information content (AvgIpc) is 2.89. The third kappa shape index (κ3) is 2.76. The van der Waals surface area contributed by atoms with Crippen LogP contribution >= 0.6 is 11.3 Å². The molecule has 3 rings (SSSR count). The largest absolute Gasteiger partial charge is 0.309 e. The van der Waals surface area contributed by atoms with Crippen molar-refractivity contribution in [2.75, 3.05) is 26.7 Å². The summed E-state index contributed by atoms with van der Waals surface area (Å²) in [6, 6.07) is 0.519. The highest BCUT2D eigenvalue weighted by molar-refractivity contribution is 7.09. The predicted octanol–water partition coefficient (Wildman–Crippen LogP) is 2.77. The topological polar surface area (TPSA) is 28.2 Å². The molecule has 2 unspecified atom stereocenters. The zero-order chi connectivity index (χ0) is 12.4. The summed E-state index contributed by atoms with van der Waals surface area (Å²) in [5.41, 5.74) is 1.29. The Morgan fingerprint density at radius 1 is 1.33 bits per heavy atom. The van der Waals surface area contributed by atoms with Crippen LogP contribution in [0.1, 0.15) is 54.8 Å². The molecule has 0 aromatic carbocycles. The maximum Gasteiger partial charge on any atom is 0.0972 e. The molecule has 2 aliphatic rings. The molecule has 0 radical (unpaired) electrons. The van der Waals surface area contributed by atoms with Gasteiger partial charge in [0.1, 0.15) is 0 Å². The number of likely N-dealkylation sites (tertiary alicyclic amines) is 1. The van der Waals surface area contributed by atoms with E-state index < -0.39 is 0 Å². The molecule has 0 aliphatic carbocycles. The molecule has 0 spiro atoms. The van der Waals surface area contributed by atoms with E-state index in [2.05, 4.69) is 22.6 Å². The molecule has 2 fully saturated rings. The van der Waals surface area contributed by atoms with E-state index in [1.54, 1.807) is 0 Å². The second kappa shape index (κ2) is 5.68. The van der Waals surface area contributed by atoms with Crippen LogP contribution in [0.25, 0.3) is 0 Å². The number of thiazole rings is 1. The molecule has 2 atom stereocenters. The van der Waals surface area contributed by atoms with Crippen molar-refractivity contribution in [1.29, 1.82) is 0 Å². The number of likely N-dealkylation sites (N-methyl/N-ethyl adjacent to an activating group) is 1. The summed E-state index contributed by atoms with van der Waals surface area (Å²) in [7, 11) is 2.23. The van der Waals surface area contributed by atoms with E-state index in [0.717, 1.165) is 6.54 Å². The van der Waals surface area contributed by atoms with E-state index in [4.69, 9.17) is 4.98 Å². The molecular weight excluding hydrogens is 242 g/mol. The fraction of sp³-hybridized carbons (Fsp3) is 0.786. The Morgan fingerprint density at radius 2 is 2.28 bits per heavy atom. The lowest BCUT2D eigenvalue weighted by atomic mass is 9.99. The third-order valence-electron chi connectivity index (χ3n) is 4.18. The van der Waals surface area contributed by atoms with Gasteiger partial charge in [0, 0.05) is 17.8 Å². The Bertz CT molecular complexity index is 384. The van der Waals surface area contributed by atoms with Crippen molar-refractivity contribution in [3.05, 3.63) is 16.1 Å². The first-order valence-electron chi connectivity index (χ1n) is 7.20. The van der Waals surface area contributed by atoms with Gasteiger partial charge in [0.25, 0.3) is 0 Å². The molecule has 0 bridgehead atoms. The number of hydrogen-bond acceptors (Lipinski definition) is 4. The summed E-state index contributed by atoms with van der Waals surface area (Å²) >= 11 is 1.87. The molecule has 2 aliphatic heterocycles. The lowest BCUT2D eigenvalue weighted by molar-refractivity contribution is 0.250. The maximum absolute atomic E-state index is 4.92. The van der Waals surface area contributed by atoms with E-state index in [9.17, 15) is 0 Å². The number of nitrogens with zero attached hydrogens (tertiary/aromatic N) is 2. The minimum atomic E-state index is 0.519. The van der Waals surface area contributed by atoms with E-state index in [0.29, 0.717) is 12.0 Å². The van der Waals surface area contributed by atoms with E-state index in [-0.39, 0.29) is 0 Å². The van der Waals surface area contributed by atoms with Crippen LogP contribution in [0.3, 0.4) is 0 Å². The average molecular weight is 265 g/mol. The first-order chi connectivity index (χ1) is 8.83. The fourth-order valence-corrected chi connectivity index (χ4v) is 4.12. The Hall–Kier alpha value is -0.450. The SMILES string of the molecule is CN1CCCC(c2nc(C3CCCCN3)cs2)C1. The van der Waals surface area contributed by atoms with Gasteiger partial charge in [0.2, 0.25) is 0 Å². The monoisotopic (exact) mass is 265 g/mol. The zero-order valence-electron chi connectivity index (χ0n) is 11.2. The van der Waals surface area contributed by atoms with Gasteiger partial charge >= 0.3 is 0 Å². The first kappa shape index (κ1) is 12.6. The molecule has 100 valence electrons. The van der Waals surface area contributed by atoms with Crippen molar-refractivity contribution in [1.82, 2.24) is 15.2 Å². The first-order valence-corrected chi connectivity index (χ1v) is 8.08. The van der Waals surface area contributed by atoms with Crippen LogP contribution in [0.15, 0.2) is 5.38 Å². The highest BCUT2D eigenvalue weighted by Gasteiger charge is 2.23. The van der Waals surface area contributed by atoms with Crippen LogP contribution < -0.4 is 5.32 Å². The summed E-state index contributed by atoms with van der Waals surface area (Å²) in [6.07, 6.45) is 6.55. The van der Waals surface area contributed by atoms with Crippen molar-refractivity contribution in [2.24, 2.45) is 0 Å². The minimum absolute atomic E-state index is 0.519. The molecule has 2 saturated heterocycles. The van der Waals surface area contributed by atoms with Crippen molar-refractivity contribution in [2.45, 2.75) is 44.1 Å². The molecule has 0 saturated carbocycles. The molecule has 1 aromatic heterocycles. The Labute approximate surface area is 114 Å². The molecular formula is C14H23N3S. The van der Waals surface area contributed by atoms with Crippen molar-refractivity contribution in [3.63, 3.8) is 0 Å². The lowest BCUT2D eigenvalue weighted by Gasteiger charge is -2.28. The van der Waals surface area contributed by atoms with Crippen LogP contribution in [0, 0.1) is 0 Å². The number of aromatic nitrogens is 1. The zero-order valence-corrected chi connectivity index (χ0v) is 12.0. The minimum Gasteiger partial charge on any atom is -0.309 e. The second-order valence-corrected chi connectivity index (χ2v) is 6.60. The molecule has 3 heterocycles. The van der Waals surface area contributed by atoms with E-state index in [1.165, 1.54) is 55.9 Å². The number of piperidine rings is 2. The Kier molecular flexibility index (Phi) is 3.97. The quantitative estimate of drug-likeness (QED) is 0.891. The smallest absolute Gasteiger partial charge is 0.0972 e. The molecule has 1 N–H and O–H groups in total. The van der Waals surface area contributed by atoms with Gasteiger partial charge in [-0.2, -0.15) is 0 Å². The highest BCUT2D eigenvalue weighted by Crippen LogP contribution is 2.31. The van der Waals surface area contributed by atoms with Crippen LogP contribution in [-0.4, -0.2) is 36.6 Å². The van der Waals surface area contributed by atoms with Crippen molar-refractivity contribution < 1.29 is 0 Å². The molecule has 0 amide bonds. The van der Waals surface area contributed by atoms with Gasteiger partial charge in [0.15, 0.2) is 0 Å². The lowest BCUT2D eigenvalue weighted by Crippen LogP contribution is -2.31. The summed E-state index contributed by atoms with van der Waals surface area (Å²) < 4.78 is 0. The van der Waals surface area contributed by atoms with Crippen molar-refractivity contribution >= 4 is 11.3 Å². The predicted molar refractivity (Wildman–Crippen MR) is 76.2 cm³/mol. The van der Waals surface area contributed by atoms with Crippen molar-refractivity contribution in [3.8, 4) is 0 Å². The standard InChI is InChI=1S/C14H23N3S/c1-17-8-4-5-11(9-17)14-16-13(10-18-14)12-6-2-3-7-15-12/h10-12,15H,2-9H2,1H3. The molecule has 3 nitrogen and oxygen atoms in total. The number of rotatable bonds is 2. The van der Waals surface area contributed by atoms with Gasteiger partial charge in [-0.15, -0.1) is 11.3 Å². The van der Waals surface area contributed by atoms with Crippen LogP contribution in [0.5, 0.6) is 0 Å². The molecule has 1 aromatic rings. The summed E-state index contributed by atoms with van der Waals surface area (Å²) in [4.78, 5) is 7.36. The van der Waals surface area contributed by atoms with Crippen LogP contribution in [-0.2, 0) is 0 Å².